The van der Waals surface area contributed by atoms with Crippen molar-refractivity contribution in [3.05, 3.63) is 78.1 Å². The fraction of sp³-hybridized carbons (Fsp3) is 0.310. The highest BCUT2D eigenvalue weighted by Crippen LogP contribution is 2.27. The fourth-order valence-electron chi connectivity index (χ4n) is 4.61. The number of ether oxygens (including phenoxy) is 2. The molecule has 2 aromatic heterocycles. The molecule has 2 aromatic carbocycles. The molecule has 0 atom stereocenters. The third kappa shape index (κ3) is 7.76. The minimum atomic E-state index is -4.38. The van der Waals surface area contributed by atoms with Gasteiger partial charge in [0.05, 0.1) is 18.1 Å². The van der Waals surface area contributed by atoms with Crippen LogP contribution in [0.25, 0.3) is 10.9 Å². The van der Waals surface area contributed by atoms with Gasteiger partial charge in [-0.1, -0.05) is 12.1 Å². The van der Waals surface area contributed by atoms with Crippen LogP contribution in [-0.2, 0) is 16.6 Å². The van der Waals surface area contributed by atoms with Gasteiger partial charge >= 0.3 is 6.18 Å². The molecule has 0 spiro atoms. The van der Waals surface area contributed by atoms with Gasteiger partial charge in [0.1, 0.15) is 17.2 Å². The number of piperazine rings is 1. The Hall–Kier alpha value is -4.30. The highest BCUT2D eigenvalue weighted by molar-refractivity contribution is 7.92. The van der Waals surface area contributed by atoms with Gasteiger partial charge < -0.3 is 19.4 Å². The van der Waals surface area contributed by atoms with Crippen LogP contribution in [0.1, 0.15) is 16.1 Å². The Kier molecular flexibility index (Phi) is 8.51. The second kappa shape index (κ2) is 12.1. The van der Waals surface area contributed by atoms with Crippen molar-refractivity contribution in [1.29, 1.82) is 0 Å². The molecule has 1 fully saturated rings. The van der Waals surface area contributed by atoms with Gasteiger partial charge in [0.2, 0.25) is 15.9 Å². The number of alkyl halides is 3. The van der Waals surface area contributed by atoms with Crippen LogP contribution in [0.3, 0.4) is 0 Å². The van der Waals surface area contributed by atoms with E-state index in [1.54, 1.807) is 47.4 Å². The molecule has 0 radical (unpaired) electrons. The number of pyridine rings is 1. The smallest absolute Gasteiger partial charge is 0.422 e. The van der Waals surface area contributed by atoms with Crippen LogP contribution in [-0.4, -0.2) is 86.4 Å². The summed E-state index contributed by atoms with van der Waals surface area (Å²) in [5.74, 6) is 0.839. The van der Waals surface area contributed by atoms with E-state index in [0.29, 0.717) is 49.9 Å². The zero-order valence-electron chi connectivity index (χ0n) is 23.5. The molecule has 3 heterocycles. The molecule has 5 rings (SSSR count). The monoisotopic (exact) mass is 617 g/mol. The van der Waals surface area contributed by atoms with Crippen LogP contribution >= 0.6 is 0 Å². The lowest BCUT2D eigenvalue weighted by Crippen LogP contribution is -2.48. The molecule has 1 saturated heterocycles. The minimum Gasteiger partial charge on any atom is -0.484 e. The second-order valence-corrected chi connectivity index (χ2v) is 12.2. The third-order valence-corrected chi connectivity index (χ3v) is 8.23. The Labute approximate surface area is 246 Å². The number of sulfonamides is 1. The normalized spacial score (nSPS) is 14.6. The fourth-order valence-corrected chi connectivity index (χ4v) is 5.10. The average molecular weight is 618 g/mol. The summed E-state index contributed by atoms with van der Waals surface area (Å²) in [4.78, 5) is 24.6. The van der Waals surface area contributed by atoms with E-state index < -0.39 is 22.8 Å². The summed E-state index contributed by atoms with van der Waals surface area (Å²) >= 11 is 0. The average Bonchev–Trinajstić information content (AvgIpc) is 3.40. The molecule has 0 saturated carbocycles. The first-order chi connectivity index (χ1) is 20.3. The van der Waals surface area contributed by atoms with E-state index in [4.69, 9.17) is 9.47 Å². The lowest BCUT2D eigenvalue weighted by molar-refractivity contribution is -0.153. The first-order valence-corrected chi connectivity index (χ1v) is 15.2. The van der Waals surface area contributed by atoms with Gasteiger partial charge in [0.25, 0.3) is 5.91 Å². The van der Waals surface area contributed by atoms with Crippen LogP contribution in [0.2, 0.25) is 0 Å². The molecule has 14 heteroatoms. The highest BCUT2D eigenvalue weighted by atomic mass is 32.2. The van der Waals surface area contributed by atoms with Crippen LogP contribution in [0, 0.1) is 0 Å². The Bertz CT molecular complexity index is 1680. The molecule has 1 N–H and O–H groups in total. The minimum absolute atomic E-state index is 0.114. The summed E-state index contributed by atoms with van der Waals surface area (Å²) in [5, 5.41) is 0.843. The molecule has 4 aromatic rings. The molecule has 0 bridgehead atoms. The number of nitrogens with zero attached hydrogens (tertiary/aromatic N) is 4. The highest BCUT2D eigenvalue weighted by Gasteiger charge is 2.28. The molecule has 1 aliphatic heterocycles. The Balaban J connectivity index is 1.15. The van der Waals surface area contributed by atoms with Crippen molar-refractivity contribution in [3.63, 3.8) is 0 Å². The molecule has 0 unspecified atom stereocenters. The van der Waals surface area contributed by atoms with Gasteiger partial charge in [-0.2, -0.15) is 13.2 Å². The number of rotatable bonds is 9. The molecule has 10 nitrogen and oxygen atoms in total. The lowest BCUT2D eigenvalue weighted by Gasteiger charge is -2.34. The predicted octanol–water partition coefficient (Wildman–Crippen LogP) is 4.65. The van der Waals surface area contributed by atoms with Gasteiger partial charge in [-0.05, 0) is 42.0 Å². The quantitative estimate of drug-likeness (QED) is 0.291. The molecule has 0 aliphatic carbocycles. The van der Waals surface area contributed by atoms with Crippen LogP contribution in [0.4, 0.5) is 18.9 Å². The van der Waals surface area contributed by atoms with Gasteiger partial charge in [-0.15, -0.1) is 0 Å². The van der Waals surface area contributed by atoms with Crippen LogP contribution in [0.5, 0.6) is 17.4 Å². The van der Waals surface area contributed by atoms with E-state index in [0.717, 1.165) is 27.0 Å². The zero-order chi connectivity index (χ0) is 30.8. The summed E-state index contributed by atoms with van der Waals surface area (Å²) in [6.07, 6.45) is -1.86. The summed E-state index contributed by atoms with van der Waals surface area (Å²) in [6.45, 7) is 1.66. The number of benzene rings is 2. The summed E-state index contributed by atoms with van der Waals surface area (Å²) in [6, 6.07) is 16.9. The van der Waals surface area contributed by atoms with E-state index in [2.05, 4.69) is 14.9 Å². The zero-order valence-corrected chi connectivity index (χ0v) is 24.3. The number of aromatic amines is 1. The van der Waals surface area contributed by atoms with Crippen molar-refractivity contribution in [2.24, 2.45) is 0 Å². The van der Waals surface area contributed by atoms with Gasteiger partial charge in [0, 0.05) is 62.8 Å². The summed E-state index contributed by atoms with van der Waals surface area (Å²) in [5.41, 5.74) is 2.53. The van der Waals surface area contributed by atoms with Crippen molar-refractivity contribution in [3.8, 4) is 17.4 Å². The number of nitrogens with one attached hydrogen (secondary N) is 1. The number of fused-ring (bicyclic) bond motifs is 1. The Morgan fingerprint density at radius 2 is 1.70 bits per heavy atom. The van der Waals surface area contributed by atoms with Gasteiger partial charge in [0.15, 0.2) is 6.61 Å². The molecular formula is C29H30F3N5O5S. The van der Waals surface area contributed by atoms with Crippen molar-refractivity contribution in [2.45, 2.75) is 12.7 Å². The van der Waals surface area contributed by atoms with E-state index in [-0.39, 0.29) is 17.5 Å². The maximum atomic E-state index is 13.2. The largest absolute Gasteiger partial charge is 0.484 e. The number of halogens is 3. The van der Waals surface area contributed by atoms with Gasteiger partial charge in [-0.3, -0.25) is 14.0 Å². The molecule has 228 valence electrons. The molecular weight excluding hydrogens is 587 g/mol. The number of anilines is 1. The predicted molar refractivity (Wildman–Crippen MR) is 155 cm³/mol. The summed E-state index contributed by atoms with van der Waals surface area (Å²) < 4.78 is 72.2. The molecule has 1 aliphatic rings. The number of H-pyrrole nitrogens is 1. The SMILES string of the molecule is CN(c1ccc(Oc2ccc3cc(C(=O)N4CCN(Cc5ccc(OCC(F)(F)F)cc5)CC4)[nH]c3c2)nc1)S(C)(=O)=O. The van der Waals surface area contributed by atoms with Crippen molar-refractivity contribution in [1.82, 2.24) is 19.8 Å². The first-order valence-electron chi connectivity index (χ1n) is 13.3. The third-order valence-electron chi connectivity index (χ3n) is 7.02. The summed E-state index contributed by atoms with van der Waals surface area (Å²) in [7, 11) is -1.96. The van der Waals surface area contributed by atoms with Gasteiger partial charge in [-0.25, -0.2) is 13.4 Å². The van der Waals surface area contributed by atoms with E-state index in [9.17, 15) is 26.4 Å². The number of hydrogen-bond donors (Lipinski definition) is 1. The standard InChI is InChI=1S/C29H30F3N5O5S/c1-35(43(2,39)40)22-6-10-27(33-17-22)42-24-9-5-21-15-26(34-25(21)16-24)28(38)37-13-11-36(12-14-37)18-20-3-7-23(8-4-20)41-19-29(30,31)32/h3-10,15-17,34H,11-14,18-19H2,1-2H3. The second-order valence-electron chi connectivity index (χ2n) is 10.2. The number of hydrogen-bond acceptors (Lipinski definition) is 7. The molecule has 43 heavy (non-hydrogen) atoms. The lowest BCUT2D eigenvalue weighted by atomic mass is 10.2. The number of carbonyl (C=O) groups excluding carboxylic acids is 1. The van der Waals surface area contributed by atoms with Crippen LogP contribution < -0.4 is 13.8 Å². The number of aromatic nitrogens is 2. The first kappa shape index (κ1) is 30.2. The maximum absolute atomic E-state index is 13.2. The van der Waals surface area contributed by atoms with E-state index >= 15 is 0 Å². The van der Waals surface area contributed by atoms with Crippen LogP contribution in [0.15, 0.2) is 66.9 Å². The number of carbonyl (C=O) groups is 1. The van der Waals surface area contributed by atoms with E-state index in [1.807, 2.05) is 6.07 Å². The van der Waals surface area contributed by atoms with Crippen molar-refractivity contribution >= 4 is 32.5 Å². The topological polar surface area (TPSA) is 108 Å². The molecule has 1 amide bonds. The number of amides is 1. The maximum Gasteiger partial charge on any atom is 0.422 e. The van der Waals surface area contributed by atoms with Crippen molar-refractivity contribution in [2.75, 3.05) is 50.4 Å². The Morgan fingerprint density at radius 3 is 2.33 bits per heavy atom. The van der Waals surface area contributed by atoms with Crippen molar-refractivity contribution < 1.29 is 35.9 Å². The van der Waals surface area contributed by atoms with E-state index in [1.165, 1.54) is 25.4 Å². The Morgan fingerprint density at radius 1 is 1.00 bits per heavy atom.